The molecule has 0 bridgehead atoms. The second kappa shape index (κ2) is 15.1. The van der Waals surface area contributed by atoms with Gasteiger partial charge in [0.05, 0.1) is 6.61 Å². The molecule has 0 aliphatic carbocycles. The van der Waals surface area contributed by atoms with Gasteiger partial charge in [-0.25, -0.2) is 0 Å². The lowest BCUT2D eigenvalue weighted by atomic mass is 10.0. The van der Waals surface area contributed by atoms with Crippen molar-refractivity contribution >= 4 is 11.9 Å². The number of hydrogen-bond donors (Lipinski definition) is 0. The number of rotatable bonds is 15. The molecular formula is C22H34O5. The van der Waals surface area contributed by atoms with Gasteiger partial charge in [0.2, 0.25) is 0 Å². The molecule has 1 aromatic rings. The highest BCUT2D eigenvalue weighted by Gasteiger charge is 2.10. The highest BCUT2D eigenvalue weighted by molar-refractivity contribution is 5.70. The zero-order valence-electron chi connectivity index (χ0n) is 16.8. The van der Waals surface area contributed by atoms with E-state index >= 15 is 0 Å². The number of hydrogen-bond acceptors (Lipinski definition) is 5. The van der Waals surface area contributed by atoms with E-state index in [0.717, 1.165) is 18.6 Å². The predicted octanol–water partition coefficient (Wildman–Crippen LogP) is 4.93. The third-order valence-corrected chi connectivity index (χ3v) is 4.39. The Kier molecular flexibility index (Phi) is 12.8. The first-order chi connectivity index (χ1) is 13.2. The van der Waals surface area contributed by atoms with E-state index in [1.54, 1.807) is 0 Å². The van der Waals surface area contributed by atoms with Gasteiger partial charge in [-0.15, -0.1) is 0 Å². The van der Waals surface area contributed by atoms with E-state index in [1.165, 1.54) is 12.8 Å². The van der Waals surface area contributed by atoms with Gasteiger partial charge in [-0.1, -0.05) is 51.3 Å². The van der Waals surface area contributed by atoms with Gasteiger partial charge in [0.1, 0.15) is 19.0 Å². The Morgan fingerprint density at radius 1 is 0.889 bits per heavy atom. The summed E-state index contributed by atoms with van der Waals surface area (Å²) in [5.41, 5.74) is 0. The summed E-state index contributed by atoms with van der Waals surface area (Å²) >= 11 is 0. The Balaban J connectivity index is 1.99. The van der Waals surface area contributed by atoms with Gasteiger partial charge in [0.25, 0.3) is 0 Å². The van der Waals surface area contributed by atoms with E-state index in [9.17, 15) is 9.59 Å². The topological polar surface area (TPSA) is 61.8 Å². The lowest BCUT2D eigenvalue weighted by Crippen LogP contribution is -2.14. The molecule has 0 heterocycles. The molecule has 152 valence electrons. The molecule has 0 aliphatic heterocycles. The quantitative estimate of drug-likeness (QED) is 0.320. The zero-order chi connectivity index (χ0) is 19.7. The van der Waals surface area contributed by atoms with Crippen LogP contribution in [0.1, 0.15) is 65.2 Å². The molecule has 0 aliphatic rings. The van der Waals surface area contributed by atoms with Crippen molar-refractivity contribution < 1.29 is 23.8 Å². The molecule has 1 aromatic carbocycles. The highest BCUT2D eigenvalue weighted by atomic mass is 16.6. The lowest BCUT2D eigenvalue weighted by molar-refractivity contribution is -0.147. The van der Waals surface area contributed by atoms with Gasteiger partial charge in [-0.05, 0) is 37.3 Å². The largest absolute Gasteiger partial charge is 0.490 e. The number of carbonyl (C=O) groups is 2. The van der Waals surface area contributed by atoms with Gasteiger partial charge in [0, 0.05) is 12.8 Å². The molecule has 5 heteroatoms. The van der Waals surface area contributed by atoms with Crippen LogP contribution in [0.25, 0.3) is 0 Å². The number of carbonyl (C=O) groups excluding carboxylic acids is 2. The van der Waals surface area contributed by atoms with Crippen molar-refractivity contribution in [1.82, 2.24) is 0 Å². The number of unbranched alkanes of at least 4 members (excludes halogenated alkanes) is 2. The Morgan fingerprint density at radius 2 is 1.56 bits per heavy atom. The van der Waals surface area contributed by atoms with Crippen molar-refractivity contribution in [2.24, 2.45) is 5.92 Å². The van der Waals surface area contributed by atoms with E-state index in [-0.39, 0.29) is 18.5 Å². The maximum atomic E-state index is 11.8. The van der Waals surface area contributed by atoms with Gasteiger partial charge < -0.3 is 14.2 Å². The molecule has 1 unspecified atom stereocenters. The van der Waals surface area contributed by atoms with Crippen molar-refractivity contribution in [2.75, 3.05) is 19.8 Å². The first-order valence-electron chi connectivity index (χ1n) is 10.1. The molecule has 1 atom stereocenters. The summed E-state index contributed by atoms with van der Waals surface area (Å²) in [7, 11) is 0. The summed E-state index contributed by atoms with van der Waals surface area (Å²) < 4.78 is 15.9. The average molecular weight is 379 g/mol. The van der Waals surface area contributed by atoms with Crippen LogP contribution < -0.4 is 4.74 Å². The summed E-state index contributed by atoms with van der Waals surface area (Å²) in [5, 5.41) is 0. The van der Waals surface area contributed by atoms with E-state index in [1.807, 2.05) is 30.3 Å². The standard InChI is InChI=1S/C22H34O5/c1-3-5-11-19(4-2)18-27-22(24)15-10-9-14-21(23)26-17-16-25-20-12-7-6-8-13-20/h6-8,12-13,19H,3-5,9-11,14-18H2,1-2H3. The fraction of sp³-hybridized carbons (Fsp3) is 0.636. The van der Waals surface area contributed by atoms with Crippen LogP contribution in [-0.2, 0) is 19.1 Å². The van der Waals surface area contributed by atoms with Crippen molar-refractivity contribution in [3.05, 3.63) is 30.3 Å². The molecule has 0 aromatic heterocycles. The summed E-state index contributed by atoms with van der Waals surface area (Å²) in [5.74, 6) is 0.786. The van der Waals surface area contributed by atoms with Crippen LogP contribution in [0.2, 0.25) is 0 Å². The van der Waals surface area contributed by atoms with E-state index in [0.29, 0.717) is 44.8 Å². The molecule has 0 amide bonds. The number of ether oxygens (including phenoxy) is 3. The smallest absolute Gasteiger partial charge is 0.305 e. The normalized spacial score (nSPS) is 11.6. The third-order valence-electron chi connectivity index (χ3n) is 4.39. The molecule has 0 saturated heterocycles. The monoisotopic (exact) mass is 378 g/mol. The molecule has 0 N–H and O–H groups in total. The van der Waals surface area contributed by atoms with Crippen LogP contribution in [-0.4, -0.2) is 31.8 Å². The molecule has 1 rings (SSSR count). The van der Waals surface area contributed by atoms with Gasteiger partial charge in [-0.2, -0.15) is 0 Å². The Hall–Kier alpha value is -2.04. The minimum atomic E-state index is -0.259. The number of esters is 2. The second-order valence-corrected chi connectivity index (χ2v) is 6.69. The van der Waals surface area contributed by atoms with Crippen LogP contribution in [0.5, 0.6) is 5.75 Å². The molecule has 0 radical (unpaired) electrons. The molecular weight excluding hydrogens is 344 g/mol. The van der Waals surface area contributed by atoms with E-state index in [2.05, 4.69) is 13.8 Å². The summed E-state index contributed by atoms with van der Waals surface area (Å²) in [6, 6.07) is 9.40. The third kappa shape index (κ3) is 12.1. The maximum absolute atomic E-state index is 11.8. The minimum absolute atomic E-state index is 0.172. The fourth-order valence-corrected chi connectivity index (χ4v) is 2.62. The van der Waals surface area contributed by atoms with Crippen molar-refractivity contribution in [1.29, 1.82) is 0 Å². The zero-order valence-corrected chi connectivity index (χ0v) is 16.8. The number of para-hydroxylation sites is 1. The van der Waals surface area contributed by atoms with Gasteiger partial charge >= 0.3 is 11.9 Å². The molecule has 5 nitrogen and oxygen atoms in total. The van der Waals surface area contributed by atoms with Gasteiger partial charge in [-0.3, -0.25) is 9.59 Å². The SMILES string of the molecule is CCCCC(CC)COC(=O)CCCCC(=O)OCCOc1ccccc1. The molecule has 0 saturated carbocycles. The maximum Gasteiger partial charge on any atom is 0.305 e. The van der Waals surface area contributed by atoms with Crippen LogP contribution in [0.15, 0.2) is 30.3 Å². The first kappa shape index (κ1) is 23.0. The molecule has 27 heavy (non-hydrogen) atoms. The highest BCUT2D eigenvalue weighted by Crippen LogP contribution is 2.13. The van der Waals surface area contributed by atoms with Gasteiger partial charge in [0.15, 0.2) is 0 Å². The Bertz CT molecular complexity index is 515. The van der Waals surface area contributed by atoms with Crippen LogP contribution in [0.3, 0.4) is 0 Å². The fourth-order valence-electron chi connectivity index (χ4n) is 2.62. The van der Waals surface area contributed by atoms with Crippen molar-refractivity contribution in [2.45, 2.75) is 65.2 Å². The van der Waals surface area contributed by atoms with Crippen LogP contribution >= 0.6 is 0 Å². The lowest BCUT2D eigenvalue weighted by Gasteiger charge is -2.14. The van der Waals surface area contributed by atoms with Crippen LogP contribution in [0, 0.1) is 5.92 Å². The first-order valence-corrected chi connectivity index (χ1v) is 10.1. The summed E-state index contributed by atoms with van der Waals surface area (Å²) in [4.78, 5) is 23.4. The molecule has 0 spiro atoms. The second-order valence-electron chi connectivity index (χ2n) is 6.69. The molecule has 0 fully saturated rings. The van der Waals surface area contributed by atoms with Crippen molar-refractivity contribution in [3.8, 4) is 5.75 Å². The summed E-state index contributed by atoms with van der Waals surface area (Å²) in [6.07, 6.45) is 6.42. The number of benzene rings is 1. The Morgan fingerprint density at radius 3 is 2.19 bits per heavy atom. The minimum Gasteiger partial charge on any atom is -0.490 e. The Labute approximate surface area is 163 Å². The van der Waals surface area contributed by atoms with Crippen molar-refractivity contribution in [3.63, 3.8) is 0 Å². The van der Waals surface area contributed by atoms with E-state index < -0.39 is 0 Å². The van der Waals surface area contributed by atoms with Crippen LogP contribution in [0.4, 0.5) is 0 Å². The van der Waals surface area contributed by atoms with E-state index in [4.69, 9.17) is 14.2 Å². The predicted molar refractivity (Wildman–Crippen MR) is 106 cm³/mol. The average Bonchev–Trinajstić information content (AvgIpc) is 2.69. The summed E-state index contributed by atoms with van der Waals surface area (Å²) in [6.45, 7) is 5.37.